The lowest BCUT2D eigenvalue weighted by molar-refractivity contribution is 0.0555. The summed E-state index contributed by atoms with van der Waals surface area (Å²) in [5, 5.41) is 0. The van der Waals surface area contributed by atoms with E-state index in [1.54, 1.807) is 12.1 Å². The second-order valence-corrected chi connectivity index (χ2v) is 8.43. The molecule has 0 aliphatic rings. The first-order valence-electron chi connectivity index (χ1n) is 8.31. The summed E-state index contributed by atoms with van der Waals surface area (Å²) in [7, 11) is 2.59. The van der Waals surface area contributed by atoms with Gasteiger partial charge in [0.1, 0.15) is 0 Å². The van der Waals surface area contributed by atoms with Crippen LogP contribution in [0.5, 0.6) is 0 Å². The van der Waals surface area contributed by atoms with E-state index >= 15 is 0 Å². The molecule has 0 fully saturated rings. The number of hydrogen-bond donors (Lipinski definition) is 0. The summed E-state index contributed by atoms with van der Waals surface area (Å²) in [6, 6.07) is 19.4. The molecular formula is C22H16I2O4. The van der Waals surface area contributed by atoms with E-state index in [0.29, 0.717) is 0 Å². The zero-order chi connectivity index (χ0) is 20.3. The molecule has 4 nitrogen and oxygen atoms in total. The Labute approximate surface area is 190 Å². The van der Waals surface area contributed by atoms with Gasteiger partial charge in [-0.2, -0.15) is 0 Å². The predicted octanol–water partition coefficient (Wildman–Crippen LogP) is 5.80. The third-order valence-corrected chi connectivity index (χ3v) is 5.72. The van der Waals surface area contributed by atoms with E-state index in [0.717, 1.165) is 29.4 Å². The average molecular weight is 598 g/mol. The minimum atomic E-state index is -0.582. The molecule has 0 radical (unpaired) electrons. The largest absolute Gasteiger partial charge is 0.465 e. The Morgan fingerprint density at radius 2 is 0.964 bits per heavy atom. The van der Waals surface area contributed by atoms with Crippen LogP contribution < -0.4 is 0 Å². The van der Waals surface area contributed by atoms with Crippen LogP contribution in [0.4, 0.5) is 0 Å². The van der Waals surface area contributed by atoms with E-state index in [1.807, 2.05) is 48.5 Å². The highest BCUT2D eigenvalue weighted by Gasteiger charge is 2.22. The lowest BCUT2D eigenvalue weighted by atomic mass is 9.90. The molecule has 3 aromatic carbocycles. The van der Waals surface area contributed by atoms with Crippen molar-refractivity contribution in [3.63, 3.8) is 0 Å². The number of rotatable bonds is 4. The maximum Gasteiger partial charge on any atom is 0.338 e. The van der Waals surface area contributed by atoms with E-state index in [9.17, 15) is 9.59 Å². The number of ether oxygens (including phenoxy) is 2. The van der Waals surface area contributed by atoms with Crippen LogP contribution in [0.1, 0.15) is 20.7 Å². The van der Waals surface area contributed by atoms with Crippen LogP contribution in [0.25, 0.3) is 22.3 Å². The van der Waals surface area contributed by atoms with Gasteiger partial charge in [0.15, 0.2) is 0 Å². The molecular weight excluding hydrogens is 582 g/mol. The van der Waals surface area contributed by atoms with Crippen molar-refractivity contribution < 1.29 is 19.1 Å². The van der Waals surface area contributed by atoms with Crippen LogP contribution in [0.15, 0.2) is 60.7 Å². The van der Waals surface area contributed by atoms with Gasteiger partial charge in [-0.3, -0.25) is 0 Å². The topological polar surface area (TPSA) is 52.6 Å². The highest BCUT2D eigenvalue weighted by molar-refractivity contribution is 14.1. The van der Waals surface area contributed by atoms with Crippen molar-refractivity contribution in [3.05, 3.63) is 78.9 Å². The molecule has 28 heavy (non-hydrogen) atoms. The normalized spacial score (nSPS) is 10.4. The highest BCUT2D eigenvalue weighted by Crippen LogP contribution is 2.36. The Morgan fingerprint density at radius 1 is 0.643 bits per heavy atom. The van der Waals surface area contributed by atoms with Crippen LogP contribution >= 0.6 is 45.2 Å². The molecule has 0 unspecified atom stereocenters. The zero-order valence-electron chi connectivity index (χ0n) is 15.2. The molecule has 0 atom stereocenters. The number of esters is 2. The van der Waals surface area contributed by atoms with Crippen molar-refractivity contribution in [1.29, 1.82) is 0 Å². The van der Waals surface area contributed by atoms with Gasteiger partial charge in [0.25, 0.3) is 0 Å². The molecule has 0 aromatic heterocycles. The Balaban J connectivity index is 2.33. The predicted molar refractivity (Wildman–Crippen MR) is 125 cm³/mol. The first-order chi connectivity index (χ1) is 13.4. The first-order valence-corrected chi connectivity index (χ1v) is 10.5. The Hall–Kier alpha value is -1.94. The standard InChI is InChI=1S/C22H16I2O4/c1-27-21(25)19-11-17(13-3-7-15(23)8-4-13)18(12-20(19)22(26)28-2)14-5-9-16(24)10-6-14/h3-12H,1-2H3. The lowest BCUT2D eigenvalue weighted by Crippen LogP contribution is -2.12. The van der Waals surface area contributed by atoms with Gasteiger partial charge in [-0.25, -0.2) is 9.59 Å². The molecule has 0 spiro atoms. The summed E-state index contributed by atoms with van der Waals surface area (Å²) in [6.07, 6.45) is 0. The van der Waals surface area contributed by atoms with Gasteiger partial charge in [0.2, 0.25) is 0 Å². The molecule has 6 heteroatoms. The lowest BCUT2D eigenvalue weighted by Gasteiger charge is -2.15. The SMILES string of the molecule is COC(=O)c1cc(-c2ccc(I)cc2)c(-c2ccc(I)cc2)cc1C(=O)OC. The van der Waals surface area contributed by atoms with Gasteiger partial charge in [0.05, 0.1) is 25.3 Å². The quantitative estimate of drug-likeness (QED) is 0.282. The van der Waals surface area contributed by atoms with Crippen molar-refractivity contribution in [3.8, 4) is 22.3 Å². The fourth-order valence-corrected chi connectivity index (χ4v) is 3.61. The molecule has 0 N–H and O–H groups in total. The monoisotopic (exact) mass is 598 g/mol. The van der Waals surface area contributed by atoms with Crippen LogP contribution in [0, 0.1) is 7.14 Å². The maximum absolute atomic E-state index is 12.4. The van der Waals surface area contributed by atoms with Crippen LogP contribution in [0.2, 0.25) is 0 Å². The number of benzene rings is 3. The fraction of sp³-hybridized carbons (Fsp3) is 0.0909. The molecule has 0 amide bonds. The van der Waals surface area contributed by atoms with Crippen LogP contribution in [0.3, 0.4) is 0 Å². The number of carbonyl (C=O) groups excluding carboxylic acids is 2. The summed E-state index contributed by atoms with van der Waals surface area (Å²) < 4.78 is 12.0. The number of halogens is 2. The number of carbonyl (C=O) groups is 2. The van der Waals surface area contributed by atoms with E-state index in [-0.39, 0.29) is 11.1 Å². The van der Waals surface area contributed by atoms with E-state index < -0.39 is 11.9 Å². The van der Waals surface area contributed by atoms with Gasteiger partial charge in [-0.15, -0.1) is 0 Å². The molecule has 3 aromatic rings. The van der Waals surface area contributed by atoms with Crippen LogP contribution in [-0.2, 0) is 9.47 Å². The minimum Gasteiger partial charge on any atom is -0.465 e. The fourth-order valence-electron chi connectivity index (χ4n) is 2.89. The molecule has 0 saturated heterocycles. The smallest absolute Gasteiger partial charge is 0.338 e. The minimum absolute atomic E-state index is 0.178. The summed E-state index contributed by atoms with van der Waals surface area (Å²) in [5.74, 6) is -1.16. The van der Waals surface area contributed by atoms with Crippen molar-refractivity contribution in [2.75, 3.05) is 14.2 Å². The van der Waals surface area contributed by atoms with E-state index in [4.69, 9.17) is 9.47 Å². The summed E-state index contributed by atoms with van der Waals surface area (Å²) in [5.41, 5.74) is 3.91. The number of methoxy groups -OCH3 is 2. The summed E-state index contributed by atoms with van der Waals surface area (Å²) in [6.45, 7) is 0. The van der Waals surface area contributed by atoms with Crippen molar-refractivity contribution in [1.82, 2.24) is 0 Å². The van der Waals surface area contributed by atoms with Gasteiger partial charge in [-0.05, 0) is 104 Å². The van der Waals surface area contributed by atoms with Crippen molar-refractivity contribution in [2.45, 2.75) is 0 Å². The van der Waals surface area contributed by atoms with Crippen LogP contribution in [-0.4, -0.2) is 26.2 Å². The maximum atomic E-state index is 12.4. The summed E-state index contributed by atoms with van der Waals surface area (Å²) in [4.78, 5) is 24.7. The third kappa shape index (κ3) is 4.38. The number of hydrogen-bond acceptors (Lipinski definition) is 4. The van der Waals surface area contributed by atoms with Crippen molar-refractivity contribution >= 4 is 57.1 Å². The van der Waals surface area contributed by atoms with E-state index in [1.165, 1.54) is 14.2 Å². The van der Waals surface area contributed by atoms with Gasteiger partial charge < -0.3 is 9.47 Å². The first kappa shape index (κ1) is 20.8. The third-order valence-electron chi connectivity index (χ3n) is 4.28. The Kier molecular flexibility index (Phi) is 6.71. The molecule has 142 valence electrons. The molecule has 0 heterocycles. The van der Waals surface area contributed by atoms with Gasteiger partial charge in [-0.1, -0.05) is 24.3 Å². The molecule has 0 aliphatic heterocycles. The van der Waals surface area contributed by atoms with Gasteiger partial charge >= 0.3 is 11.9 Å². The second kappa shape index (κ2) is 9.04. The molecule has 0 aliphatic carbocycles. The average Bonchev–Trinajstić information content (AvgIpc) is 2.73. The van der Waals surface area contributed by atoms with Crippen molar-refractivity contribution in [2.24, 2.45) is 0 Å². The Morgan fingerprint density at radius 3 is 1.25 bits per heavy atom. The zero-order valence-corrected chi connectivity index (χ0v) is 19.5. The molecule has 0 bridgehead atoms. The second-order valence-electron chi connectivity index (χ2n) is 5.94. The molecule has 3 rings (SSSR count). The Bertz CT molecular complexity index is 941. The summed E-state index contributed by atoms with van der Waals surface area (Å²) >= 11 is 4.49. The van der Waals surface area contributed by atoms with Gasteiger partial charge in [0, 0.05) is 7.14 Å². The highest BCUT2D eigenvalue weighted by atomic mass is 127. The molecule has 0 saturated carbocycles. The van der Waals surface area contributed by atoms with E-state index in [2.05, 4.69) is 45.2 Å².